The van der Waals surface area contributed by atoms with Crippen LogP contribution in [0.15, 0.2) is 48.5 Å². The molecule has 1 fully saturated rings. The maximum absolute atomic E-state index is 12.7. The predicted molar refractivity (Wildman–Crippen MR) is 133 cm³/mol. The minimum atomic E-state index is -0.796. The minimum Gasteiger partial charge on any atom is -0.481 e. The van der Waals surface area contributed by atoms with Gasteiger partial charge in [0.2, 0.25) is 5.91 Å². The molecule has 7 nitrogen and oxygen atoms in total. The van der Waals surface area contributed by atoms with Crippen LogP contribution in [-0.2, 0) is 14.3 Å². The number of nitrogens with one attached hydrogen (secondary N) is 1. The van der Waals surface area contributed by atoms with E-state index < -0.39 is 17.6 Å². The summed E-state index contributed by atoms with van der Waals surface area (Å²) in [6, 6.07) is 16.4. The van der Waals surface area contributed by atoms with Crippen molar-refractivity contribution in [1.29, 1.82) is 0 Å². The molecule has 35 heavy (non-hydrogen) atoms. The van der Waals surface area contributed by atoms with Gasteiger partial charge in [-0.3, -0.25) is 9.59 Å². The summed E-state index contributed by atoms with van der Waals surface area (Å²) in [5, 5.41) is 11.8. The van der Waals surface area contributed by atoms with Crippen LogP contribution in [0.5, 0.6) is 0 Å². The molecule has 1 atom stereocenters. The van der Waals surface area contributed by atoms with Crippen molar-refractivity contribution in [1.82, 2.24) is 10.2 Å². The van der Waals surface area contributed by atoms with Gasteiger partial charge in [-0.15, -0.1) is 0 Å². The van der Waals surface area contributed by atoms with E-state index in [1.807, 2.05) is 43.0 Å². The summed E-state index contributed by atoms with van der Waals surface area (Å²) < 4.78 is 5.65. The second-order valence-electron chi connectivity index (χ2n) is 10.3. The lowest BCUT2D eigenvalue weighted by molar-refractivity contribution is -0.137. The molecule has 2 amide bonds. The number of rotatable bonds is 9. The number of amides is 2. The molecule has 1 aliphatic carbocycles. The second-order valence-corrected chi connectivity index (χ2v) is 10.3. The van der Waals surface area contributed by atoms with Crippen LogP contribution in [-0.4, -0.2) is 53.2 Å². The van der Waals surface area contributed by atoms with Gasteiger partial charge < -0.3 is 20.1 Å². The monoisotopic (exact) mass is 478 g/mol. The molecule has 186 valence electrons. The number of likely N-dealkylation sites (tertiary alicyclic amines) is 1. The quantitative estimate of drug-likeness (QED) is 0.540. The molecule has 0 bridgehead atoms. The zero-order valence-electron chi connectivity index (χ0n) is 20.5. The summed E-state index contributed by atoms with van der Waals surface area (Å²) in [6.45, 7) is 5.32. The molecular weight excluding hydrogens is 444 g/mol. The number of hydrogen-bond donors (Lipinski definition) is 2. The Balaban J connectivity index is 1.25. The number of carbonyl (C=O) groups excluding carboxylic acids is 2. The molecule has 0 spiro atoms. The van der Waals surface area contributed by atoms with E-state index in [2.05, 4.69) is 29.6 Å². The molecule has 0 aromatic heterocycles. The topological polar surface area (TPSA) is 95.9 Å². The van der Waals surface area contributed by atoms with E-state index in [0.29, 0.717) is 32.4 Å². The molecule has 1 unspecified atom stereocenters. The van der Waals surface area contributed by atoms with Crippen molar-refractivity contribution < 1.29 is 24.2 Å². The fourth-order valence-electron chi connectivity index (χ4n) is 5.17. The Morgan fingerprint density at radius 2 is 1.66 bits per heavy atom. The number of nitrogens with zero attached hydrogens (tertiary/aromatic N) is 1. The third-order valence-corrected chi connectivity index (χ3v) is 7.15. The van der Waals surface area contributed by atoms with E-state index in [0.717, 1.165) is 6.42 Å². The highest BCUT2D eigenvalue weighted by atomic mass is 16.5. The normalized spacial score (nSPS) is 17.1. The van der Waals surface area contributed by atoms with Gasteiger partial charge in [-0.2, -0.15) is 0 Å². The van der Waals surface area contributed by atoms with Gasteiger partial charge in [-0.05, 0) is 61.3 Å². The Hall–Kier alpha value is -3.35. The van der Waals surface area contributed by atoms with Crippen molar-refractivity contribution in [3.8, 4) is 11.1 Å². The van der Waals surface area contributed by atoms with Crippen LogP contribution >= 0.6 is 0 Å². The van der Waals surface area contributed by atoms with Crippen LogP contribution < -0.4 is 5.32 Å². The van der Waals surface area contributed by atoms with E-state index in [9.17, 15) is 14.4 Å². The number of hydrogen-bond acceptors (Lipinski definition) is 4. The molecule has 1 aliphatic heterocycles. The van der Waals surface area contributed by atoms with Gasteiger partial charge in [0.15, 0.2) is 0 Å². The molecule has 0 radical (unpaired) electrons. The first-order chi connectivity index (χ1) is 16.7. The predicted octanol–water partition coefficient (Wildman–Crippen LogP) is 4.80. The largest absolute Gasteiger partial charge is 0.481 e. The lowest BCUT2D eigenvalue weighted by Crippen LogP contribution is -2.45. The van der Waals surface area contributed by atoms with E-state index in [1.165, 1.54) is 22.3 Å². The second kappa shape index (κ2) is 10.5. The molecule has 4 rings (SSSR count). The molecule has 2 aromatic carbocycles. The summed E-state index contributed by atoms with van der Waals surface area (Å²) in [5.41, 5.74) is 4.10. The van der Waals surface area contributed by atoms with Crippen LogP contribution in [0.1, 0.15) is 63.0 Å². The number of carboxylic acid groups (broad SMARTS) is 1. The standard InChI is InChI=1S/C28H34N2O5/c1-28(2,15-13-25(31)30-16-14-19(17-30)11-12-26(32)33)29-27(34)35-18-24-22-9-5-3-7-20(22)21-8-4-6-10-23(21)24/h3-10,19,24H,11-18H2,1-2H3,(H,29,34)(H,32,33). The Kier molecular flexibility index (Phi) is 7.43. The molecule has 0 saturated carbocycles. The highest BCUT2D eigenvalue weighted by Gasteiger charge is 2.31. The molecule has 2 aliphatic rings. The smallest absolute Gasteiger partial charge is 0.407 e. The first-order valence-corrected chi connectivity index (χ1v) is 12.4. The van der Waals surface area contributed by atoms with Gasteiger partial charge in [0, 0.05) is 37.4 Å². The molecular formula is C28H34N2O5. The van der Waals surface area contributed by atoms with E-state index in [-0.39, 0.29) is 30.8 Å². The molecule has 2 N–H and O–H groups in total. The Bertz CT molecular complexity index is 1050. The van der Waals surface area contributed by atoms with Gasteiger partial charge >= 0.3 is 12.1 Å². The van der Waals surface area contributed by atoms with Crippen LogP contribution in [0.4, 0.5) is 4.79 Å². The van der Waals surface area contributed by atoms with Crippen molar-refractivity contribution in [2.75, 3.05) is 19.7 Å². The number of carboxylic acids is 1. The summed E-state index contributed by atoms with van der Waals surface area (Å²) in [6.07, 6.45) is 1.92. The fourth-order valence-corrected chi connectivity index (χ4v) is 5.17. The third-order valence-electron chi connectivity index (χ3n) is 7.15. The zero-order chi connectivity index (χ0) is 25.0. The maximum Gasteiger partial charge on any atom is 0.407 e. The summed E-state index contributed by atoms with van der Waals surface area (Å²) in [7, 11) is 0. The minimum absolute atomic E-state index is 0.00193. The first kappa shape index (κ1) is 24.8. The first-order valence-electron chi connectivity index (χ1n) is 12.4. The van der Waals surface area contributed by atoms with Crippen LogP contribution in [0.25, 0.3) is 11.1 Å². The number of alkyl carbamates (subject to hydrolysis) is 1. The zero-order valence-corrected chi connectivity index (χ0v) is 20.5. The average Bonchev–Trinajstić information content (AvgIpc) is 3.43. The van der Waals surface area contributed by atoms with E-state index in [4.69, 9.17) is 9.84 Å². The summed E-state index contributed by atoms with van der Waals surface area (Å²) in [4.78, 5) is 37.9. The highest BCUT2D eigenvalue weighted by Crippen LogP contribution is 2.44. The molecule has 7 heteroatoms. The van der Waals surface area contributed by atoms with Gasteiger partial charge in [-0.1, -0.05) is 48.5 Å². The molecule has 1 saturated heterocycles. The van der Waals surface area contributed by atoms with E-state index in [1.54, 1.807) is 0 Å². The SMILES string of the molecule is CC(C)(CCC(=O)N1CCC(CCC(=O)O)C1)NC(=O)OCC1c2ccccc2-c2ccccc21. The third kappa shape index (κ3) is 6.02. The lowest BCUT2D eigenvalue weighted by Gasteiger charge is -2.27. The van der Waals surface area contributed by atoms with Crippen molar-refractivity contribution in [2.45, 2.75) is 57.4 Å². The van der Waals surface area contributed by atoms with E-state index >= 15 is 0 Å². The number of ether oxygens (including phenoxy) is 1. The van der Waals surface area contributed by atoms with Gasteiger partial charge in [0.25, 0.3) is 0 Å². The maximum atomic E-state index is 12.7. The van der Waals surface area contributed by atoms with Gasteiger partial charge in [0.1, 0.15) is 6.61 Å². The van der Waals surface area contributed by atoms with Crippen LogP contribution in [0.3, 0.4) is 0 Å². The Morgan fingerprint density at radius 3 is 2.29 bits per heavy atom. The molecule has 2 aromatic rings. The van der Waals surface area contributed by atoms with Gasteiger partial charge in [0.05, 0.1) is 0 Å². The van der Waals surface area contributed by atoms with Gasteiger partial charge in [-0.25, -0.2) is 4.79 Å². The highest BCUT2D eigenvalue weighted by molar-refractivity contribution is 5.79. The number of fused-ring (bicyclic) bond motifs is 3. The van der Waals surface area contributed by atoms with Crippen molar-refractivity contribution in [3.05, 3.63) is 59.7 Å². The Labute approximate surface area is 206 Å². The number of carbonyl (C=O) groups is 3. The van der Waals surface area contributed by atoms with Crippen LogP contribution in [0, 0.1) is 5.92 Å². The summed E-state index contributed by atoms with van der Waals surface area (Å²) >= 11 is 0. The average molecular weight is 479 g/mol. The molecule has 1 heterocycles. The van der Waals surface area contributed by atoms with Crippen LogP contribution in [0.2, 0.25) is 0 Å². The summed E-state index contributed by atoms with van der Waals surface area (Å²) in [5.74, 6) is -0.495. The van der Waals surface area contributed by atoms with Crippen molar-refractivity contribution in [2.24, 2.45) is 5.92 Å². The Morgan fingerprint density at radius 1 is 1.03 bits per heavy atom. The lowest BCUT2D eigenvalue weighted by atomic mass is 9.98. The van der Waals surface area contributed by atoms with Crippen molar-refractivity contribution >= 4 is 18.0 Å². The number of benzene rings is 2. The van der Waals surface area contributed by atoms with Crippen molar-refractivity contribution in [3.63, 3.8) is 0 Å². The fraction of sp³-hybridized carbons (Fsp3) is 0.464. The number of aliphatic carboxylic acids is 1.